The van der Waals surface area contributed by atoms with Crippen LogP contribution in [0.1, 0.15) is 98.7 Å². The fourth-order valence-corrected chi connectivity index (χ4v) is 11.7. The quantitative estimate of drug-likeness (QED) is 0.277. The van der Waals surface area contributed by atoms with Crippen molar-refractivity contribution in [1.29, 1.82) is 0 Å². The number of hydrogen-bond acceptors (Lipinski definition) is 6. The molecule has 7 heteroatoms. The molecule has 0 spiro atoms. The van der Waals surface area contributed by atoms with E-state index in [-0.39, 0.29) is 6.10 Å². The molecule has 0 bridgehead atoms. The highest BCUT2D eigenvalue weighted by atomic mass is 32.1. The van der Waals surface area contributed by atoms with Gasteiger partial charge in [-0.1, -0.05) is 60.0 Å². The molecule has 0 saturated carbocycles. The standard InChI is InChI=1S/C27H48N2O3SSi/c1-18(2)34(19(3)4,20(5)6)31-16-21(7)12-11-13-27(10,30)26-15-25(29-32-26)22(8)14-24-17-33-23(9)28-24/h14,17-21,26,30H,11-13,15-16H2,1-10H3/b22-14+/t21-,26+,27+/m0/s1. The van der Waals surface area contributed by atoms with Crippen LogP contribution in [0.5, 0.6) is 0 Å². The third-order valence-corrected chi connectivity index (χ3v) is 14.4. The summed E-state index contributed by atoms with van der Waals surface area (Å²) >= 11 is 1.64. The second-order valence-electron chi connectivity index (χ2n) is 11.4. The van der Waals surface area contributed by atoms with Crippen LogP contribution in [-0.4, -0.2) is 42.4 Å². The zero-order chi connectivity index (χ0) is 25.7. The molecule has 1 aromatic rings. The van der Waals surface area contributed by atoms with Crippen molar-refractivity contribution in [2.45, 2.75) is 123 Å². The predicted molar refractivity (Wildman–Crippen MR) is 148 cm³/mol. The van der Waals surface area contributed by atoms with Crippen LogP contribution < -0.4 is 0 Å². The van der Waals surface area contributed by atoms with Crippen molar-refractivity contribution in [1.82, 2.24) is 4.98 Å². The van der Waals surface area contributed by atoms with E-state index in [9.17, 15) is 5.11 Å². The smallest absolute Gasteiger partial charge is 0.200 e. The van der Waals surface area contributed by atoms with E-state index in [0.29, 0.717) is 35.4 Å². The summed E-state index contributed by atoms with van der Waals surface area (Å²) in [7, 11) is -1.83. The van der Waals surface area contributed by atoms with Gasteiger partial charge >= 0.3 is 0 Å². The summed E-state index contributed by atoms with van der Waals surface area (Å²) in [5.74, 6) is 0.474. The Morgan fingerprint density at radius 3 is 2.38 bits per heavy atom. The minimum atomic E-state index is -1.83. The number of thiazole rings is 1. The molecule has 34 heavy (non-hydrogen) atoms. The number of rotatable bonds is 13. The first-order chi connectivity index (χ1) is 15.8. The number of aromatic nitrogens is 1. The summed E-state index contributed by atoms with van der Waals surface area (Å²) in [5.41, 5.74) is 3.80. The molecule has 0 saturated heterocycles. The van der Waals surface area contributed by atoms with Crippen molar-refractivity contribution in [3.63, 3.8) is 0 Å². The van der Waals surface area contributed by atoms with Crippen molar-refractivity contribution in [2.75, 3.05) is 6.61 Å². The SMILES string of the molecule is C/C(=C\c1csc(C)n1)C1=NO[C@@H]([C@](C)(O)CCC[C@H](C)CO[Si](C(C)C)(C(C)C)C(C)C)C1. The van der Waals surface area contributed by atoms with Crippen LogP contribution in [0.15, 0.2) is 16.1 Å². The topological polar surface area (TPSA) is 63.9 Å². The van der Waals surface area contributed by atoms with Gasteiger partial charge in [-0.2, -0.15) is 0 Å². The summed E-state index contributed by atoms with van der Waals surface area (Å²) in [6, 6.07) is 0. The van der Waals surface area contributed by atoms with E-state index < -0.39 is 13.9 Å². The van der Waals surface area contributed by atoms with Gasteiger partial charge in [0.05, 0.1) is 16.4 Å². The van der Waals surface area contributed by atoms with Crippen LogP contribution in [0.25, 0.3) is 6.08 Å². The summed E-state index contributed by atoms with van der Waals surface area (Å²) in [5, 5.41) is 18.5. The second-order valence-corrected chi connectivity index (χ2v) is 18.0. The van der Waals surface area contributed by atoms with Gasteiger partial charge in [-0.3, -0.25) is 0 Å². The minimum absolute atomic E-state index is 0.308. The lowest BCUT2D eigenvalue weighted by atomic mass is 9.87. The third kappa shape index (κ3) is 7.25. The van der Waals surface area contributed by atoms with E-state index in [0.717, 1.165) is 41.4 Å². The Bertz CT molecular complexity index is 823. The number of nitrogens with zero attached hydrogens (tertiary/aromatic N) is 2. The maximum absolute atomic E-state index is 11.1. The van der Waals surface area contributed by atoms with Crippen LogP contribution in [0.2, 0.25) is 16.6 Å². The van der Waals surface area contributed by atoms with E-state index in [1.54, 1.807) is 11.3 Å². The summed E-state index contributed by atoms with van der Waals surface area (Å²) in [6.45, 7) is 23.0. The zero-order valence-electron chi connectivity index (χ0n) is 23.1. The lowest BCUT2D eigenvalue weighted by molar-refractivity contribution is -0.0894. The van der Waals surface area contributed by atoms with Crippen LogP contribution in [0.4, 0.5) is 0 Å². The molecule has 2 rings (SSSR count). The molecule has 1 aliphatic heterocycles. The third-order valence-electron chi connectivity index (χ3n) is 7.52. The maximum atomic E-state index is 11.1. The fraction of sp³-hybridized carbons (Fsp3) is 0.778. The monoisotopic (exact) mass is 508 g/mol. The first-order valence-electron chi connectivity index (χ1n) is 13.0. The molecule has 0 amide bonds. The molecule has 2 heterocycles. The number of allylic oxidation sites excluding steroid dienone is 1. The molecule has 0 aromatic carbocycles. The molecule has 1 aromatic heterocycles. The average Bonchev–Trinajstić information content (AvgIpc) is 3.37. The highest BCUT2D eigenvalue weighted by Crippen LogP contribution is 2.42. The lowest BCUT2D eigenvalue weighted by Crippen LogP contribution is -2.48. The van der Waals surface area contributed by atoms with Crippen molar-refractivity contribution in [3.8, 4) is 0 Å². The Balaban J connectivity index is 1.83. The van der Waals surface area contributed by atoms with Gasteiger partial charge in [0.25, 0.3) is 0 Å². The first kappa shape index (κ1) is 29.2. The number of hydrogen-bond donors (Lipinski definition) is 1. The van der Waals surface area contributed by atoms with Gasteiger partial charge in [-0.15, -0.1) is 11.3 Å². The minimum Gasteiger partial charge on any atom is -0.416 e. The van der Waals surface area contributed by atoms with E-state index in [2.05, 4.69) is 58.6 Å². The number of aryl methyl sites for hydroxylation is 1. The van der Waals surface area contributed by atoms with Crippen LogP contribution >= 0.6 is 11.3 Å². The molecular formula is C27H48N2O3SSi. The maximum Gasteiger partial charge on any atom is 0.200 e. The van der Waals surface area contributed by atoms with Crippen molar-refractivity contribution >= 4 is 31.4 Å². The zero-order valence-corrected chi connectivity index (χ0v) is 25.0. The Hall–Kier alpha value is -1.02. The van der Waals surface area contributed by atoms with E-state index in [1.165, 1.54) is 0 Å². The molecule has 3 atom stereocenters. The van der Waals surface area contributed by atoms with Gasteiger partial charge in [0.1, 0.15) is 5.60 Å². The Kier molecular flexibility index (Phi) is 10.6. The number of oxime groups is 1. The molecule has 1 N–H and O–H groups in total. The van der Waals surface area contributed by atoms with Crippen molar-refractivity contribution in [2.24, 2.45) is 11.1 Å². The summed E-state index contributed by atoms with van der Waals surface area (Å²) in [6.07, 6.45) is 5.04. The summed E-state index contributed by atoms with van der Waals surface area (Å²) in [4.78, 5) is 10.2. The largest absolute Gasteiger partial charge is 0.416 e. The average molecular weight is 509 g/mol. The molecule has 0 radical (unpaired) electrons. The normalized spacial score (nSPS) is 20.1. The van der Waals surface area contributed by atoms with Gasteiger partial charge < -0.3 is 14.4 Å². The van der Waals surface area contributed by atoms with E-state index >= 15 is 0 Å². The first-order valence-corrected chi connectivity index (χ1v) is 16.0. The Labute approximate surface area is 213 Å². The molecule has 1 aliphatic rings. The van der Waals surface area contributed by atoms with E-state index in [1.807, 2.05) is 32.2 Å². The van der Waals surface area contributed by atoms with Crippen LogP contribution in [0, 0.1) is 12.8 Å². The van der Waals surface area contributed by atoms with Crippen molar-refractivity contribution in [3.05, 3.63) is 21.7 Å². The van der Waals surface area contributed by atoms with Gasteiger partial charge in [-0.05, 0) is 67.8 Å². The lowest BCUT2D eigenvalue weighted by Gasteiger charge is -2.42. The molecule has 0 aliphatic carbocycles. The summed E-state index contributed by atoms with van der Waals surface area (Å²) < 4.78 is 6.77. The highest BCUT2D eigenvalue weighted by Gasteiger charge is 2.45. The fourth-order valence-electron chi connectivity index (χ4n) is 5.53. The number of aliphatic hydroxyl groups is 1. The van der Waals surface area contributed by atoms with E-state index in [4.69, 9.17) is 9.26 Å². The van der Waals surface area contributed by atoms with Gasteiger partial charge in [0.15, 0.2) is 14.4 Å². The molecular weight excluding hydrogens is 460 g/mol. The molecule has 0 fully saturated rings. The van der Waals surface area contributed by atoms with Gasteiger partial charge in [0, 0.05) is 18.4 Å². The molecule has 194 valence electrons. The van der Waals surface area contributed by atoms with Gasteiger partial charge in [-0.25, -0.2) is 4.98 Å². The van der Waals surface area contributed by atoms with Crippen molar-refractivity contribution < 1.29 is 14.4 Å². The van der Waals surface area contributed by atoms with Crippen LogP contribution in [-0.2, 0) is 9.26 Å². The predicted octanol–water partition coefficient (Wildman–Crippen LogP) is 7.75. The molecule has 0 unspecified atom stereocenters. The van der Waals surface area contributed by atoms with Crippen LogP contribution in [0.3, 0.4) is 0 Å². The Morgan fingerprint density at radius 2 is 1.85 bits per heavy atom. The molecule has 5 nitrogen and oxygen atoms in total. The second kappa shape index (κ2) is 12.3. The van der Waals surface area contributed by atoms with Gasteiger partial charge in [0.2, 0.25) is 0 Å². The Morgan fingerprint density at radius 1 is 1.24 bits per heavy atom. The highest BCUT2D eigenvalue weighted by molar-refractivity contribution is 7.09.